The third kappa shape index (κ3) is 1.48. The molecule has 3 nitrogen and oxygen atoms in total. The number of aryl methyl sites for hydroxylation is 1. The molecule has 3 heteroatoms. The van der Waals surface area contributed by atoms with E-state index in [4.69, 9.17) is 0 Å². The number of H-pyrrole nitrogens is 1. The lowest BCUT2D eigenvalue weighted by Crippen LogP contribution is -2.20. The first-order valence-corrected chi connectivity index (χ1v) is 5.65. The minimum atomic E-state index is 0.928. The molecule has 0 radical (unpaired) electrons. The summed E-state index contributed by atoms with van der Waals surface area (Å²) in [4.78, 5) is 9.65. The van der Waals surface area contributed by atoms with E-state index in [2.05, 4.69) is 40.0 Å². The highest BCUT2D eigenvalue weighted by atomic mass is 15.2. The summed E-state index contributed by atoms with van der Waals surface area (Å²) in [6.45, 7) is 4.22. The normalized spacial score (nSPS) is 14.2. The quantitative estimate of drug-likeness (QED) is 0.830. The Labute approximate surface area is 95.1 Å². The average molecular weight is 213 g/mol. The van der Waals surface area contributed by atoms with Crippen LogP contribution in [0, 0.1) is 6.92 Å². The van der Waals surface area contributed by atoms with Crippen molar-refractivity contribution in [3.05, 3.63) is 47.5 Å². The van der Waals surface area contributed by atoms with Crippen LogP contribution in [0.1, 0.15) is 16.8 Å². The first-order valence-electron chi connectivity index (χ1n) is 5.65. The van der Waals surface area contributed by atoms with Crippen molar-refractivity contribution < 1.29 is 0 Å². The van der Waals surface area contributed by atoms with E-state index in [0.717, 1.165) is 19.5 Å². The molecule has 0 bridgehead atoms. The second kappa shape index (κ2) is 3.67. The number of anilines is 1. The third-order valence-corrected chi connectivity index (χ3v) is 3.20. The van der Waals surface area contributed by atoms with Crippen molar-refractivity contribution in [2.75, 3.05) is 11.4 Å². The SMILES string of the molecule is Cc1cccc2c1N(Cc1cnc[nH]1)CC2. The topological polar surface area (TPSA) is 31.9 Å². The Morgan fingerprint density at radius 3 is 3.19 bits per heavy atom. The molecular formula is C13H15N3. The van der Waals surface area contributed by atoms with Gasteiger partial charge in [0.05, 0.1) is 18.6 Å². The first-order chi connectivity index (χ1) is 7.84. The lowest BCUT2D eigenvalue weighted by molar-refractivity contribution is 0.817. The van der Waals surface area contributed by atoms with Crippen LogP contribution in [-0.4, -0.2) is 16.5 Å². The van der Waals surface area contributed by atoms with Gasteiger partial charge in [-0.1, -0.05) is 18.2 Å². The molecular weight excluding hydrogens is 198 g/mol. The van der Waals surface area contributed by atoms with Gasteiger partial charge in [0.25, 0.3) is 0 Å². The second-order valence-electron chi connectivity index (χ2n) is 4.33. The molecule has 0 saturated heterocycles. The number of aromatic nitrogens is 2. The van der Waals surface area contributed by atoms with Crippen LogP contribution in [0.5, 0.6) is 0 Å². The number of hydrogen-bond donors (Lipinski definition) is 1. The molecule has 1 aromatic carbocycles. The molecule has 0 aliphatic carbocycles. The number of benzene rings is 1. The highest BCUT2D eigenvalue weighted by molar-refractivity contribution is 5.62. The van der Waals surface area contributed by atoms with Gasteiger partial charge in [-0.05, 0) is 24.5 Å². The van der Waals surface area contributed by atoms with Crippen molar-refractivity contribution >= 4 is 5.69 Å². The van der Waals surface area contributed by atoms with Crippen LogP contribution in [-0.2, 0) is 13.0 Å². The van der Waals surface area contributed by atoms with Crippen LogP contribution in [0.25, 0.3) is 0 Å². The number of rotatable bonds is 2. The second-order valence-corrected chi connectivity index (χ2v) is 4.33. The minimum absolute atomic E-state index is 0.928. The molecule has 1 aliphatic heterocycles. The fourth-order valence-corrected chi connectivity index (χ4v) is 2.48. The van der Waals surface area contributed by atoms with Crippen LogP contribution >= 0.6 is 0 Å². The van der Waals surface area contributed by atoms with E-state index >= 15 is 0 Å². The van der Waals surface area contributed by atoms with Gasteiger partial charge in [0.15, 0.2) is 0 Å². The van der Waals surface area contributed by atoms with E-state index in [1.165, 1.54) is 22.5 Å². The Morgan fingerprint density at radius 2 is 2.38 bits per heavy atom. The molecule has 0 unspecified atom stereocenters. The average Bonchev–Trinajstić information content (AvgIpc) is 2.90. The van der Waals surface area contributed by atoms with Crippen molar-refractivity contribution in [3.8, 4) is 0 Å². The zero-order valence-corrected chi connectivity index (χ0v) is 9.40. The van der Waals surface area contributed by atoms with Crippen molar-refractivity contribution in [3.63, 3.8) is 0 Å². The van der Waals surface area contributed by atoms with E-state index in [9.17, 15) is 0 Å². The number of fused-ring (bicyclic) bond motifs is 1. The highest BCUT2D eigenvalue weighted by Crippen LogP contribution is 2.31. The molecule has 1 aliphatic rings. The maximum Gasteiger partial charge on any atom is 0.0922 e. The van der Waals surface area contributed by atoms with E-state index in [1.807, 2.05) is 6.20 Å². The van der Waals surface area contributed by atoms with Crippen molar-refractivity contribution in [1.29, 1.82) is 0 Å². The molecule has 0 amide bonds. The number of nitrogens with zero attached hydrogens (tertiary/aromatic N) is 2. The summed E-state index contributed by atoms with van der Waals surface area (Å²) in [6, 6.07) is 6.56. The Bertz CT molecular complexity index is 488. The molecule has 0 saturated carbocycles. The minimum Gasteiger partial charge on any atom is -0.365 e. The maximum absolute atomic E-state index is 4.06. The van der Waals surface area contributed by atoms with Crippen LogP contribution < -0.4 is 4.90 Å². The van der Waals surface area contributed by atoms with Gasteiger partial charge in [-0.15, -0.1) is 0 Å². The van der Waals surface area contributed by atoms with Crippen LogP contribution in [0.3, 0.4) is 0 Å². The van der Waals surface area contributed by atoms with Crippen molar-refractivity contribution in [1.82, 2.24) is 9.97 Å². The standard InChI is InChI=1S/C13H15N3/c1-10-3-2-4-11-5-6-16(13(10)11)8-12-7-14-9-15-12/h2-4,7,9H,5-6,8H2,1H3,(H,14,15). The number of aromatic amines is 1. The summed E-state index contributed by atoms with van der Waals surface area (Å²) < 4.78 is 0. The van der Waals surface area contributed by atoms with Gasteiger partial charge < -0.3 is 9.88 Å². The van der Waals surface area contributed by atoms with E-state index < -0.39 is 0 Å². The Kier molecular flexibility index (Phi) is 2.17. The van der Waals surface area contributed by atoms with Gasteiger partial charge in [-0.3, -0.25) is 0 Å². The Morgan fingerprint density at radius 1 is 1.44 bits per heavy atom. The molecule has 1 aromatic heterocycles. The Hall–Kier alpha value is -1.77. The fraction of sp³-hybridized carbons (Fsp3) is 0.308. The van der Waals surface area contributed by atoms with E-state index in [-0.39, 0.29) is 0 Å². The smallest absolute Gasteiger partial charge is 0.0922 e. The summed E-state index contributed by atoms with van der Waals surface area (Å²) in [5.41, 5.74) is 5.43. The Balaban J connectivity index is 1.91. The molecule has 0 atom stereocenters. The summed E-state index contributed by atoms with van der Waals surface area (Å²) in [7, 11) is 0. The van der Waals surface area contributed by atoms with Gasteiger partial charge in [0.1, 0.15) is 0 Å². The summed E-state index contributed by atoms with van der Waals surface area (Å²) in [5.74, 6) is 0. The van der Waals surface area contributed by atoms with Gasteiger partial charge >= 0.3 is 0 Å². The molecule has 2 heterocycles. The molecule has 0 spiro atoms. The van der Waals surface area contributed by atoms with Crippen LogP contribution in [0.2, 0.25) is 0 Å². The monoisotopic (exact) mass is 213 g/mol. The zero-order chi connectivity index (χ0) is 11.0. The third-order valence-electron chi connectivity index (χ3n) is 3.20. The molecule has 1 N–H and O–H groups in total. The van der Waals surface area contributed by atoms with Crippen molar-refractivity contribution in [2.45, 2.75) is 19.9 Å². The lowest BCUT2D eigenvalue weighted by atomic mass is 10.1. The maximum atomic E-state index is 4.06. The molecule has 0 fully saturated rings. The number of imidazole rings is 1. The highest BCUT2D eigenvalue weighted by Gasteiger charge is 2.20. The molecule has 2 aromatic rings. The van der Waals surface area contributed by atoms with E-state index in [0.29, 0.717) is 0 Å². The van der Waals surface area contributed by atoms with Gasteiger partial charge in [-0.2, -0.15) is 0 Å². The van der Waals surface area contributed by atoms with Crippen LogP contribution in [0.4, 0.5) is 5.69 Å². The van der Waals surface area contributed by atoms with Gasteiger partial charge in [-0.25, -0.2) is 4.98 Å². The van der Waals surface area contributed by atoms with Gasteiger partial charge in [0, 0.05) is 18.4 Å². The van der Waals surface area contributed by atoms with Crippen molar-refractivity contribution in [2.24, 2.45) is 0 Å². The number of nitrogens with one attached hydrogen (secondary N) is 1. The summed E-state index contributed by atoms with van der Waals surface area (Å²) >= 11 is 0. The first kappa shape index (κ1) is 9.46. The zero-order valence-electron chi connectivity index (χ0n) is 9.40. The summed E-state index contributed by atoms with van der Waals surface area (Å²) in [5, 5.41) is 0. The van der Waals surface area contributed by atoms with E-state index in [1.54, 1.807) is 6.33 Å². The largest absolute Gasteiger partial charge is 0.365 e. The number of hydrogen-bond acceptors (Lipinski definition) is 2. The summed E-state index contributed by atoms with van der Waals surface area (Å²) in [6.07, 6.45) is 4.80. The van der Waals surface area contributed by atoms with Crippen LogP contribution in [0.15, 0.2) is 30.7 Å². The molecule has 16 heavy (non-hydrogen) atoms. The number of para-hydroxylation sites is 1. The predicted molar refractivity (Wildman–Crippen MR) is 64.5 cm³/mol. The fourth-order valence-electron chi connectivity index (χ4n) is 2.48. The predicted octanol–water partition coefficient (Wildman–Crippen LogP) is 2.28. The molecule has 82 valence electrons. The lowest BCUT2D eigenvalue weighted by Gasteiger charge is -2.20. The van der Waals surface area contributed by atoms with Gasteiger partial charge in [0.2, 0.25) is 0 Å². The molecule has 3 rings (SSSR count).